The molecule has 0 fully saturated rings. The van der Waals surface area contributed by atoms with E-state index in [0.717, 1.165) is 5.56 Å². The molecule has 30 heavy (non-hydrogen) atoms. The Morgan fingerprint density at radius 3 is 2.60 bits per heavy atom. The second-order valence-corrected chi connectivity index (χ2v) is 7.18. The minimum atomic E-state index is -2.53. The van der Waals surface area contributed by atoms with Gasteiger partial charge < -0.3 is 15.4 Å². The summed E-state index contributed by atoms with van der Waals surface area (Å²) in [5, 5.41) is 5.66. The molecule has 0 bridgehead atoms. The van der Waals surface area contributed by atoms with Crippen molar-refractivity contribution in [2.45, 2.75) is 40.2 Å². The van der Waals surface area contributed by atoms with E-state index < -0.39 is 13.0 Å². The molecule has 0 aliphatic heterocycles. The lowest BCUT2D eigenvalue weighted by Gasteiger charge is -2.12. The number of benzene rings is 1. The molecule has 0 aliphatic rings. The topological polar surface area (TPSA) is 80.3 Å². The Hall–Kier alpha value is -3.03. The maximum atomic E-state index is 12.6. The van der Waals surface area contributed by atoms with Crippen LogP contribution in [-0.2, 0) is 17.8 Å². The van der Waals surface area contributed by atoms with Crippen LogP contribution in [0.5, 0.6) is 5.75 Å². The Balaban J connectivity index is 1.95. The molecule has 0 spiro atoms. The monoisotopic (exact) mass is 419 g/mol. The average molecular weight is 419 g/mol. The SMILES string of the molecule is Cc1cc(CNC(=O)c2cccnc2CCNC(=O)C(C)C)ccc1OCC(F)F. The van der Waals surface area contributed by atoms with Gasteiger partial charge in [0.2, 0.25) is 5.91 Å². The molecule has 1 aromatic heterocycles. The molecule has 0 unspecified atom stereocenters. The van der Waals surface area contributed by atoms with Gasteiger partial charge in [0.05, 0.1) is 11.3 Å². The Morgan fingerprint density at radius 1 is 1.17 bits per heavy atom. The van der Waals surface area contributed by atoms with Crippen molar-refractivity contribution in [3.8, 4) is 5.75 Å². The predicted molar refractivity (Wildman–Crippen MR) is 110 cm³/mol. The zero-order valence-corrected chi connectivity index (χ0v) is 17.4. The molecule has 0 atom stereocenters. The van der Waals surface area contributed by atoms with Crippen LogP contribution in [0.1, 0.15) is 41.0 Å². The van der Waals surface area contributed by atoms with Gasteiger partial charge in [-0.2, -0.15) is 0 Å². The molecule has 2 amide bonds. The number of amides is 2. The summed E-state index contributed by atoms with van der Waals surface area (Å²) < 4.78 is 29.6. The number of hydrogen-bond acceptors (Lipinski definition) is 4. The van der Waals surface area contributed by atoms with E-state index in [4.69, 9.17) is 4.74 Å². The summed E-state index contributed by atoms with van der Waals surface area (Å²) in [7, 11) is 0. The van der Waals surface area contributed by atoms with Gasteiger partial charge in [-0.3, -0.25) is 14.6 Å². The van der Waals surface area contributed by atoms with E-state index in [1.165, 1.54) is 0 Å². The normalized spacial score (nSPS) is 10.9. The van der Waals surface area contributed by atoms with E-state index in [9.17, 15) is 18.4 Å². The molecule has 2 N–H and O–H groups in total. The highest BCUT2D eigenvalue weighted by Gasteiger charge is 2.13. The molecule has 162 valence electrons. The van der Waals surface area contributed by atoms with E-state index in [0.29, 0.717) is 35.5 Å². The number of carbonyl (C=O) groups is 2. The van der Waals surface area contributed by atoms with Crippen LogP contribution in [0.25, 0.3) is 0 Å². The summed E-state index contributed by atoms with van der Waals surface area (Å²) in [4.78, 5) is 28.6. The predicted octanol–water partition coefficient (Wildman–Crippen LogP) is 3.28. The molecule has 8 heteroatoms. The number of ether oxygens (including phenoxy) is 1. The van der Waals surface area contributed by atoms with Crippen molar-refractivity contribution >= 4 is 11.8 Å². The minimum Gasteiger partial charge on any atom is -0.487 e. The molecule has 0 radical (unpaired) electrons. The van der Waals surface area contributed by atoms with Crippen molar-refractivity contribution < 1.29 is 23.1 Å². The van der Waals surface area contributed by atoms with Gasteiger partial charge in [0.1, 0.15) is 12.4 Å². The second-order valence-electron chi connectivity index (χ2n) is 7.18. The smallest absolute Gasteiger partial charge is 0.272 e. The summed E-state index contributed by atoms with van der Waals surface area (Å²) in [6, 6.07) is 8.50. The molecule has 2 aromatic rings. The first kappa shape index (κ1) is 23.3. The number of pyridine rings is 1. The average Bonchev–Trinajstić information content (AvgIpc) is 2.71. The highest BCUT2D eigenvalue weighted by Crippen LogP contribution is 2.20. The van der Waals surface area contributed by atoms with Crippen molar-refractivity contribution in [3.05, 3.63) is 58.9 Å². The van der Waals surface area contributed by atoms with Crippen molar-refractivity contribution in [1.29, 1.82) is 0 Å². The highest BCUT2D eigenvalue weighted by atomic mass is 19.3. The van der Waals surface area contributed by atoms with Crippen LogP contribution in [0.3, 0.4) is 0 Å². The molecular weight excluding hydrogens is 392 g/mol. The Labute approximate surface area is 175 Å². The molecule has 1 aromatic carbocycles. The van der Waals surface area contributed by atoms with Gasteiger partial charge in [0.25, 0.3) is 12.3 Å². The summed E-state index contributed by atoms with van der Waals surface area (Å²) in [6.45, 7) is 5.40. The lowest BCUT2D eigenvalue weighted by Crippen LogP contribution is -2.30. The first-order valence-electron chi connectivity index (χ1n) is 9.78. The van der Waals surface area contributed by atoms with Gasteiger partial charge in [-0.1, -0.05) is 26.0 Å². The van der Waals surface area contributed by atoms with Crippen LogP contribution < -0.4 is 15.4 Å². The van der Waals surface area contributed by atoms with Gasteiger partial charge in [0.15, 0.2) is 0 Å². The quantitative estimate of drug-likeness (QED) is 0.619. The molecule has 0 saturated heterocycles. The maximum absolute atomic E-state index is 12.6. The zero-order chi connectivity index (χ0) is 22.1. The molecule has 0 saturated carbocycles. The number of hydrogen-bond donors (Lipinski definition) is 2. The number of alkyl halides is 2. The van der Waals surface area contributed by atoms with Crippen LogP contribution in [0, 0.1) is 12.8 Å². The van der Waals surface area contributed by atoms with Crippen molar-refractivity contribution in [1.82, 2.24) is 15.6 Å². The fourth-order valence-corrected chi connectivity index (χ4v) is 2.77. The molecule has 1 heterocycles. The summed E-state index contributed by atoms with van der Waals surface area (Å²) in [5.41, 5.74) is 2.58. The first-order valence-corrected chi connectivity index (χ1v) is 9.78. The highest BCUT2D eigenvalue weighted by molar-refractivity contribution is 5.95. The van der Waals surface area contributed by atoms with Gasteiger partial charge in [-0.25, -0.2) is 8.78 Å². The van der Waals surface area contributed by atoms with E-state index in [-0.39, 0.29) is 24.3 Å². The Morgan fingerprint density at radius 2 is 1.93 bits per heavy atom. The van der Waals surface area contributed by atoms with Crippen molar-refractivity contribution in [2.24, 2.45) is 5.92 Å². The maximum Gasteiger partial charge on any atom is 0.272 e. The van der Waals surface area contributed by atoms with Crippen molar-refractivity contribution in [3.63, 3.8) is 0 Å². The third-order valence-corrected chi connectivity index (χ3v) is 4.38. The van der Waals surface area contributed by atoms with Gasteiger partial charge in [-0.15, -0.1) is 0 Å². The number of nitrogens with one attached hydrogen (secondary N) is 2. The fraction of sp³-hybridized carbons (Fsp3) is 0.409. The number of aryl methyl sites for hydroxylation is 1. The van der Waals surface area contributed by atoms with Crippen LogP contribution in [0.4, 0.5) is 8.78 Å². The summed E-state index contributed by atoms with van der Waals surface area (Å²) in [6.07, 6.45) is -0.481. The van der Waals surface area contributed by atoms with Gasteiger partial charge in [0, 0.05) is 31.6 Å². The van der Waals surface area contributed by atoms with E-state index in [2.05, 4.69) is 15.6 Å². The fourth-order valence-electron chi connectivity index (χ4n) is 2.77. The number of nitrogens with zero attached hydrogens (tertiary/aromatic N) is 1. The largest absolute Gasteiger partial charge is 0.487 e. The number of aromatic nitrogens is 1. The van der Waals surface area contributed by atoms with E-state index in [1.54, 1.807) is 43.5 Å². The molecule has 2 rings (SSSR count). The van der Waals surface area contributed by atoms with Crippen LogP contribution in [-0.4, -0.2) is 36.4 Å². The first-order chi connectivity index (χ1) is 14.3. The lowest BCUT2D eigenvalue weighted by molar-refractivity contribution is -0.123. The number of halogens is 2. The molecule has 6 nitrogen and oxygen atoms in total. The van der Waals surface area contributed by atoms with E-state index >= 15 is 0 Å². The van der Waals surface area contributed by atoms with E-state index in [1.807, 2.05) is 13.8 Å². The van der Waals surface area contributed by atoms with Crippen LogP contribution >= 0.6 is 0 Å². The lowest BCUT2D eigenvalue weighted by atomic mass is 10.1. The molecular formula is C22H27F2N3O3. The van der Waals surface area contributed by atoms with Crippen molar-refractivity contribution in [2.75, 3.05) is 13.2 Å². The third kappa shape index (κ3) is 7.09. The van der Waals surface area contributed by atoms with Gasteiger partial charge >= 0.3 is 0 Å². The Bertz CT molecular complexity index is 872. The standard InChI is InChI=1S/C22H27F2N3O3/c1-14(2)21(28)26-10-8-18-17(5-4-9-25-18)22(29)27-12-16-6-7-19(15(3)11-16)30-13-20(23)24/h4-7,9,11,14,20H,8,10,12-13H2,1-3H3,(H,26,28)(H,27,29). The third-order valence-electron chi connectivity index (χ3n) is 4.38. The van der Waals surface area contributed by atoms with Crippen LogP contribution in [0.15, 0.2) is 36.5 Å². The zero-order valence-electron chi connectivity index (χ0n) is 17.4. The summed E-state index contributed by atoms with van der Waals surface area (Å²) >= 11 is 0. The molecule has 0 aliphatic carbocycles. The second kappa shape index (κ2) is 11.2. The van der Waals surface area contributed by atoms with Gasteiger partial charge in [-0.05, 0) is 36.2 Å². The number of carbonyl (C=O) groups excluding carboxylic acids is 2. The summed E-state index contributed by atoms with van der Waals surface area (Å²) in [5.74, 6) is -0.0345. The number of rotatable bonds is 10. The minimum absolute atomic E-state index is 0.0479. The Kier molecular flexibility index (Phi) is 8.70. The van der Waals surface area contributed by atoms with Crippen LogP contribution in [0.2, 0.25) is 0 Å².